The average molecular weight is 238 g/mol. The monoisotopic (exact) mass is 238 g/mol. The Balaban J connectivity index is 1.82. The number of hydrogen-bond acceptors (Lipinski definition) is 2. The minimum absolute atomic E-state index is 0.540. The Labute approximate surface area is 99.8 Å². The predicted molar refractivity (Wildman–Crippen MR) is 71.5 cm³/mol. The predicted octanol–water partition coefficient (Wildman–Crippen LogP) is 2.48. The Kier molecular flexibility index (Phi) is 3.86. The molecule has 0 saturated carbocycles. The van der Waals surface area contributed by atoms with E-state index >= 15 is 0 Å². The number of rotatable bonds is 2. The van der Waals surface area contributed by atoms with Gasteiger partial charge >= 0.3 is 0 Å². The summed E-state index contributed by atoms with van der Waals surface area (Å²) in [6.07, 6.45) is 1.21. The van der Waals surface area contributed by atoms with Gasteiger partial charge in [-0.25, -0.2) is 0 Å². The molecular formula is C11H14N2S2. The molecular weight excluding hydrogens is 224 g/mol. The highest BCUT2D eigenvalue weighted by atomic mass is 32.2. The molecule has 0 radical (unpaired) electrons. The maximum atomic E-state index is 5.24. The Hall–Kier alpha value is -0.740. The van der Waals surface area contributed by atoms with Gasteiger partial charge in [0.05, 0.1) is 0 Å². The smallest absolute Gasteiger partial charge is 0.171 e. The molecule has 0 amide bonds. The van der Waals surface area contributed by atoms with Gasteiger partial charge in [-0.1, -0.05) is 18.2 Å². The molecule has 0 spiro atoms. The molecule has 2 nitrogen and oxygen atoms in total. The van der Waals surface area contributed by atoms with E-state index in [2.05, 4.69) is 10.6 Å². The summed E-state index contributed by atoms with van der Waals surface area (Å²) in [6.45, 7) is 0. The van der Waals surface area contributed by atoms with Crippen molar-refractivity contribution in [3.05, 3.63) is 30.3 Å². The molecule has 80 valence electrons. The minimum Gasteiger partial charge on any atom is -0.359 e. The molecule has 2 N–H and O–H groups in total. The van der Waals surface area contributed by atoms with Crippen LogP contribution in [-0.2, 0) is 0 Å². The van der Waals surface area contributed by atoms with Crippen LogP contribution in [0.4, 0.5) is 5.69 Å². The molecule has 1 atom stereocenters. The van der Waals surface area contributed by atoms with Crippen molar-refractivity contribution in [2.24, 2.45) is 0 Å². The van der Waals surface area contributed by atoms with Crippen molar-refractivity contribution in [1.82, 2.24) is 5.32 Å². The highest BCUT2D eigenvalue weighted by molar-refractivity contribution is 7.99. The quantitative estimate of drug-likeness (QED) is 0.773. The fourth-order valence-corrected chi connectivity index (χ4v) is 2.96. The molecule has 0 bridgehead atoms. The molecule has 0 aliphatic carbocycles. The zero-order valence-corrected chi connectivity index (χ0v) is 10.0. The van der Waals surface area contributed by atoms with Crippen molar-refractivity contribution in [3.8, 4) is 0 Å². The van der Waals surface area contributed by atoms with Crippen LogP contribution in [0.5, 0.6) is 0 Å². The summed E-state index contributed by atoms with van der Waals surface area (Å²) < 4.78 is 0. The van der Waals surface area contributed by atoms with E-state index in [0.29, 0.717) is 6.04 Å². The van der Waals surface area contributed by atoms with Gasteiger partial charge in [0.25, 0.3) is 0 Å². The van der Waals surface area contributed by atoms with Crippen molar-refractivity contribution in [2.75, 3.05) is 16.8 Å². The minimum atomic E-state index is 0.540. The largest absolute Gasteiger partial charge is 0.359 e. The summed E-state index contributed by atoms with van der Waals surface area (Å²) in [7, 11) is 0. The number of hydrogen-bond donors (Lipinski definition) is 2. The maximum absolute atomic E-state index is 5.24. The van der Waals surface area contributed by atoms with E-state index in [1.165, 1.54) is 12.2 Å². The zero-order valence-electron chi connectivity index (χ0n) is 8.40. The van der Waals surface area contributed by atoms with Gasteiger partial charge in [-0.2, -0.15) is 11.8 Å². The van der Waals surface area contributed by atoms with Crippen LogP contribution >= 0.6 is 24.0 Å². The van der Waals surface area contributed by atoms with Crippen molar-refractivity contribution < 1.29 is 0 Å². The van der Waals surface area contributed by atoms with Gasteiger partial charge < -0.3 is 10.6 Å². The van der Waals surface area contributed by atoms with Gasteiger partial charge in [0.15, 0.2) is 5.11 Å². The Morgan fingerprint density at radius 2 is 2.13 bits per heavy atom. The van der Waals surface area contributed by atoms with Crippen LogP contribution in [0.2, 0.25) is 0 Å². The van der Waals surface area contributed by atoms with Crippen molar-refractivity contribution >= 4 is 34.8 Å². The SMILES string of the molecule is S=C(Nc1ccccc1)NC1CCSC1. The first-order chi connectivity index (χ1) is 7.34. The van der Waals surface area contributed by atoms with Crippen LogP contribution in [0.15, 0.2) is 30.3 Å². The second-order valence-corrected chi connectivity index (χ2v) is 5.08. The standard InChI is InChI=1S/C11H14N2S2/c14-11(13-10-6-7-15-8-10)12-9-4-2-1-3-5-9/h1-5,10H,6-8H2,(H2,12,13,14). The third-order valence-corrected chi connectivity index (χ3v) is 3.68. The highest BCUT2D eigenvalue weighted by Crippen LogP contribution is 2.17. The number of thiocarbonyl (C=S) groups is 1. The lowest BCUT2D eigenvalue weighted by atomic mass is 10.3. The first-order valence-corrected chi connectivity index (χ1v) is 6.61. The van der Waals surface area contributed by atoms with Crippen molar-refractivity contribution in [3.63, 3.8) is 0 Å². The normalized spacial score (nSPS) is 19.9. The Morgan fingerprint density at radius 3 is 2.80 bits per heavy atom. The first kappa shape index (κ1) is 10.8. The van der Waals surface area contributed by atoms with E-state index in [9.17, 15) is 0 Å². The Bertz CT molecular complexity index is 321. The highest BCUT2D eigenvalue weighted by Gasteiger charge is 2.15. The van der Waals surface area contributed by atoms with Crippen molar-refractivity contribution in [2.45, 2.75) is 12.5 Å². The lowest BCUT2D eigenvalue weighted by Crippen LogP contribution is -2.37. The third-order valence-electron chi connectivity index (χ3n) is 2.30. The van der Waals surface area contributed by atoms with Crippen LogP contribution in [0.3, 0.4) is 0 Å². The number of para-hydroxylation sites is 1. The molecule has 1 fully saturated rings. The topological polar surface area (TPSA) is 24.1 Å². The van der Waals surface area contributed by atoms with Gasteiger partial charge in [0.2, 0.25) is 0 Å². The molecule has 1 unspecified atom stereocenters. The van der Waals surface area contributed by atoms with E-state index in [-0.39, 0.29) is 0 Å². The zero-order chi connectivity index (χ0) is 10.5. The van der Waals surface area contributed by atoms with Crippen molar-refractivity contribution in [1.29, 1.82) is 0 Å². The van der Waals surface area contributed by atoms with E-state index in [1.807, 2.05) is 42.1 Å². The van der Waals surface area contributed by atoms with Gasteiger partial charge in [0.1, 0.15) is 0 Å². The molecule has 1 aromatic rings. The van der Waals surface area contributed by atoms with Crippen LogP contribution < -0.4 is 10.6 Å². The van der Waals surface area contributed by atoms with Gasteiger partial charge in [-0.3, -0.25) is 0 Å². The molecule has 0 aromatic heterocycles. The number of nitrogens with one attached hydrogen (secondary N) is 2. The summed E-state index contributed by atoms with van der Waals surface area (Å²) in [5.74, 6) is 2.40. The fraction of sp³-hybridized carbons (Fsp3) is 0.364. The fourth-order valence-electron chi connectivity index (χ4n) is 1.52. The van der Waals surface area contributed by atoms with Crippen LogP contribution in [0.25, 0.3) is 0 Å². The van der Waals surface area contributed by atoms with Gasteiger partial charge in [-0.05, 0) is 36.5 Å². The van der Waals surface area contributed by atoms with Gasteiger partial charge in [0, 0.05) is 17.5 Å². The average Bonchev–Trinajstić information content (AvgIpc) is 2.71. The molecule has 1 aliphatic heterocycles. The number of thioether (sulfide) groups is 1. The Morgan fingerprint density at radius 1 is 1.33 bits per heavy atom. The summed E-state index contributed by atoms with van der Waals surface area (Å²) in [6, 6.07) is 10.6. The lowest BCUT2D eigenvalue weighted by Gasteiger charge is -2.14. The molecule has 1 aliphatic rings. The molecule has 4 heteroatoms. The van der Waals surface area contributed by atoms with Crippen LogP contribution in [0.1, 0.15) is 6.42 Å². The van der Waals surface area contributed by atoms with E-state index in [0.717, 1.165) is 16.6 Å². The van der Waals surface area contributed by atoms with Crippen LogP contribution in [0, 0.1) is 0 Å². The molecule has 1 saturated heterocycles. The summed E-state index contributed by atoms with van der Waals surface area (Å²) >= 11 is 7.22. The van der Waals surface area contributed by atoms with E-state index in [1.54, 1.807) is 0 Å². The van der Waals surface area contributed by atoms with E-state index in [4.69, 9.17) is 12.2 Å². The second-order valence-electron chi connectivity index (χ2n) is 3.53. The summed E-state index contributed by atoms with van der Waals surface area (Å²) in [5.41, 5.74) is 1.04. The molecule has 1 heterocycles. The lowest BCUT2D eigenvalue weighted by molar-refractivity contribution is 0.683. The molecule has 15 heavy (non-hydrogen) atoms. The molecule has 1 aromatic carbocycles. The summed E-state index contributed by atoms with van der Waals surface area (Å²) in [4.78, 5) is 0. The summed E-state index contributed by atoms with van der Waals surface area (Å²) in [5, 5.41) is 7.24. The maximum Gasteiger partial charge on any atom is 0.171 e. The van der Waals surface area contributed by atoms with E-state index < -0.39 is 0 Å². The first-order valence-electron chi connectivity index (χ1n) is 5.05. The number of anilines is 1. The van der Waals surface area contributed by atoms with Gasteiger partial charge in [-0.15, -0.1) is 0 Å². The third kappa shape index (κ3) is 3.39. The number of benzene rings is 1. The molecule has 2 rings (SSSR count). The second kappa shape index (κ2) is 5.37. The van der Waals surface area contributed by atoms with Crippen LogP contribution in [-0.4, -0.2) is 22.7 Å².